The van der Waals surface area contributed by atoms with Crippen molar-refractivity contribution in [3.05, 3.63) is 0 Å². The number of methoxy groups -OCH3 is 2. The fourth-order valence-corrected chi connectivity index (χ4v) is 2.06. The monoisotopic (exact) mass is 347 g/mol. The Labute approximate surface area is 138 Å². The molecule has 11 heteroatoms. The lowest BCUT2D eigenvalue weighted by atomic mass is 10.1. The Morgan fingerprint density at radius 2 is 2.04 bits per heavy atom. The molecule has 0 aromatic heterocycles. The van der Waals surface area contributed by atoms with Crippen LogP contribution in [0.5, 0.6) is 0 Å². The number of hydrogen-bond acceptors (Lipinski definition) is 9. The summed E-state index contributed by atoms with van der Waals surface area (Å²) in [6.45, 7) is 0.270. The summed E-state index contributed by atoms with van der Waals surface area (Å²) in [5.41, 5.74) is 0. The third-order valence-electron chi connectivity index (χ3n) is 3.21. The Balaban J connectivity index is 3.00. The second-order valence-corrected chi connectivity index (χ2v) is 4.86. The van der Waals surface area contributed by atoms with Gasteiger partial charge in [0.1, 0.15) is 24.9 Å². The number of carbonyl (C=O) groups is 3. The van der Waals surface area contributed by atoms with Gasteiger partial charge in [0, 0.05) is 14.0 Å². The summed E-state index contributed by atoms with van der Waals surface area (Å²) in [6.07, 6.45) is -3.38. The van der Waals surface area contributed by atoms with Gasteiger partial charge in [0.05, 0.1) is 20.1 Å². The zero-order chi connectivity index (χ0) is 18.3. The molecule has 0 aromatic carbocycles. The van der Waals surface area contributed by atoms with Gasteiger partial charge in [-0.25, -0.2) is 4.79 Å². The van der Waals surface area contributed by atoms with E-state index >= 15 is 0 Å². The highest BCUT2D eigenvalue weighted by molar-refractivity contribution is 5.98. The average molecular weight is 347 g/mol. The molecule has 0 aliphatic carbocycles. The Morgan fingerprint density at radius 1 is 1.38 bits per heavy atom. The highest BCUT2D eigenvalue weighted by Crippen LogP contribution is 2.25. The zero-order valence-corrected chi connectivity index (χ0v) is 13.5. The van der Waals surface area contributed by atoms with Crippen molar-refractivity contribution in [2.75, 3.05) is 27.4 Å². The number of nitrogens with one attached hydrogen (secondary N) is 1. The molecule has 3 N–H and O–H groups in total. The number of esters is 1. The number of urea groups is 1. The summed E-state index contributed by atoms with van der Waals surface area (Å²) in [7, 11) is 2.47. The van der Waals surface area contributed by atoms with Crippen LogP contribution in [0.4, 0.5) is 4.79 Å². The van der Waals surface area contributed by atoms with Crippen LogP contribution in [0.3, 0.4) is 0 Å². The van der Waals surface area contributed by atoms with E-state index in [9.17, 15) is 24.6 Å². The van der Waals surface area contributed by atoms with Crippen molar-refractivity contribution < 1.29 is 38.8 Å². The van der Waals surface area contributed by atoms with Crippen LogP contribution in [0.25, 0.3) is 0 Å². The Kier molecular flexibility index (Phi) is 7.71. The van der Waals surface area contributed by atoms with E-state index in [-0.39, 0.29) is 6.54 Å². The molecule has 0 radical (unpaired) electrons. The molecule has 1 saturated heterocycles. The van der Waals surface area contributed by atoms with Crippen molar-refractivity contribution in [3.63, 3.8) is 0 Å². The van der Waals surface area contributed by atoms with Gasteiger partial charge < -0.3 is 24.4 Å². The van der Waals surface area contributed by atoms with E-state index in [4.69, 9.17) is 9.47 Å². The van der Waals surface area contributed by atoms with Crippen LogP contribution in [0.15, 0.2) is 4.99 Å². The second-order valence-electron chi connectivity index (χ2n) is 4.86. The molecule has 24 heavy (non-hydrogen) atoms. The lowest BCUT2D eigenvalue weighted by Crippen LogP contribution is -2.52. The quantitative estimate of drug-likeness (QED) is 0.280. The van der Waals surface area contributed by atoms with E-state index in [0.717, 1.165) is 18.2 Å². The van der Waals surface area contributed by atoms with Crippen LogP contribution in [-0.2, 0) is 23.8 Å². The Hall–Kier alpha value is -2.08. The molecule has 1 fully saturated rings. The van der Waals surface area contributed by atoms with Gasteiger partial charge in [-0.2, -0.15) is 0 Å². The van der Waals surface area contributed by atoms with E-state index in [1.165, 1.54) is 14.2 Å². The van der Waals surface area contributed by atoms with Gasteiger partial charge in [-0.05, 0) is 0 Å². The maximum atomic E-state index is 12.2. The smallest absolute Gasteiger partial charge is 0.331 e. The average Bonchev–Trinajstić information content (AvgIpc) is 2.85. The molecule has 0 aromatic rings. The van der Waals surface area contributed by atoms with Gasteiger partial charge in [0.15, 0.2) is 6.23 Å². The standard InChI is InChI=1S/C13H21N3O8/c1-7(18)15-13(21)16(6-14-4-9(19)22-2)12-11(23-3)10(20)8(5-17)24-12/h6,8,10-12,17,20H,4-5H2,1-3H3,(H,15,18,21)/b14-6+/t8-,10?,11+,12-/m1/s1. The van der Waals surface area contributed by atoms with Gasteiger partial charge in [-0.3, -0.25) is 24.8 Å². The minimum absolute atomic E-state index is 0.364. The number of nitrogens with zero attached hydrogens (tertiary/aromatic N) is 2. The van der Waals surface area contributed by atoms with Crippen molar-refractivity contribution in [2.45, 2.75) is 31.5 Å². The van der Waals surface area contributed by atoms with E-state index in [1.54, 1.807) is 0 Å². The van der Waals surface area contributed by atoms with Gasteiger partial charge >= 0.3 is 12.0 Å². The minimum atomic E-state index is -1.20. The van der Waals surface area contributed by atoms with Crippen LogP contribution in [0.1, 0.15) is 6.92 Å². The summed E-state index contributed by atoms with van der Waals surface area (Å²) >= 11 is 0. The van der Waals surface area contributed by atoms with Gasteiger partial charge in [0.25, 0.3) is 0 Å². The number of rotatable bonds is 6. The number of aliphatic hydroxyl groups is 2. The van der Waals surface area contributed by atoms with Crippen LogP contribution in [0, 0.1) is 0 Å². The van der Waals surface area contributed by atoms with Crippen LogP contribution >= 0.6 is 0 Å². The topological polar surface area (TPSA) is 147 Å². The molecule has 4 atom stereocenters. The Bertz CT molecular complexity index is 498. The third kappa shape index (κ3) is 4.96. The number of hydrogen-bond donors (Lipinski definition) is 3. The first-order chi connectivity index (χ1) is 11.3. The summed E-state index contributed by atoms with van der Waals surface area (Å²) in [4.78, 5) is 38.9. The Morgan fingerprint density at radius 3 is 2.54 bits per heavy atom. The van der Waals surface area contributed by atoms with Crippen molar-refractivity contribution in [2.24, 2.45) is 4.99 Å². The third-order valence-corrected chi connectivity index (χ3v) is 3.21. The minimum Gasteiger partial charge on any atom is -0.468 e. The molecule has 136 valence electrons. The number of amides is 3. The highest BCUT2D eigenvalue weighted by Gasteiger charge is 2.47. The number of imide groups is 1. The normalized spacial score (nSPS) is 26.4. The molecule has 0 spiro atoms. The van der Waals surface area contributed by atoms with Gasteiger partial charge in [0.2, 0.25) is 5.91 Å². The van der Waals surface area contributed by atoms with Gasteiger partial charge in [-0.1, -0.05) is 0 Å². The van der Waals surface area contributed by atoms with Gasteiger partial charge in [-0.15, -0.1) is 0 Å². The number of carbonyl (C=O) groups excluding carboxylic acids is 3. The maximum Gasteiger partial charge on any atom is 0.331 e. The largest absolute Gasteiger partial charge is 0.468 e. The maximum absolute atomic E-state index is 12.2. The van der Waals surface area contributed by atoms with Crippen LogP contribution < -0.4 is 5.32 Å². The highest BCUT2D eigenvalue weighted by atomic mass is 16.6. The lowest BCUT2D eigenvalue weighted by molar-refractivity contribution is -0.138. The SMILES string of the molecule is COC(=O)C/N=C/N(C(=O)NC(C)=O)[C@@H]1O[C@H](CO)C(O)[C@@H]1OC. The predicted molar refractivity (Wildman–Crippen MR) is 79.0 cm³/mol. The van der Waals surface area contributed by atoms with E-state index in [0.29, 0.717) is 0 Å². The van der Waals surface area contributed by atoms with Crippen LogP contribution in [0.2, 0.25) is 0 Å². The molecule has 1 aliphatic rings. The summed E-state index contributed by atoms with van der Waals surface area (Å²) < 4.78 is 14.9. The molecule has 11 nitrogen and oxygen atoms in total. The number of aliphatic imine (C=N–C) groups is 1. The molecule has 0 bridgehead atoms. The molecule has 0 saturated carbocycles. The molecule has 1 heterocycles. The molecule has 3 amide bonds. The molecule has 1 rings (SSSR count). The fraction of sp³-hybridized carbons (Fsp3) is 0.692. The zero-order valence-electron chi connectivity index (χ0n) is 13.5. The summed E-state index contributed by atoms with van der Waals surface area (Å²) in [6, 6.07) is -0.894. The van der Waals surface area contributed by atoms with Crippen molar-refractivity contribution >= 4 is 24.2 Å². The first-order valence-electron chi connectivity index (χ1n) is 6.99. The van der Waals surface area contributed by atoms with E-state index in [2.05, 4.69) is 9.73 Å². The van der Waals surface area contributed by atoms with Crippen molar-refractivity contribution in [1.82, 2.24) is 10.2 Å². The molecule has 1 aliphatic heterocycles. The molecular formula is C13H21N3O8. The fourth-order valence-electron chi connectivity index (χ4n) is 2.06. The van der Waals surface area contributed by atoms with Crippen molar-refractivity contribution in [3.8, 4) is 0 Å². The number of aliphatic hydroxyl groups excluding tert-OH is 2. The first kappa shape index (κ1) is 20.0. The summed E-state index contributed by atoms with van der Waals surface area (Å²) in [5.74, 6) is -1.26. The van der Waals surface area contributed by atoms with E-state index < -0.39 is 49.1 Å². The number of ether oxygens (including phenoxy) is 3. The molecule has 1 unspecified atom stereocenters. The van der Waals surface area contributed by atoms with Crippen LogP contribution in [-0.4, -0.2) is 91.3 Å². The second kappa shape index (κ2) is 9.27. The summed E-state index contributed by atoms with van der Waals surface area (Å²) in [5, 5.41) is 21.3. The predicted octanol–water partition coefficient (Wildman–Crippen LogP) is -2.16. The van der Waals surface area contributed by atoms with E-state index in [1.807, 2.05) is 5.32 Å². The van der Waals surface area contributed by atoms with Crippen molar-refractivity contribution in [1.29, 1.82) is 0 Å². The lowest BCUT2D eigenvalue weighted by Gasteiger charge is -2.27. The molecular weight excluding hydrogens is 326 g/mol. The first-order valence-corrected chi connectivity index (χ1v) is 6.99.